The predicted octanol–water partition coefficient (Wildman–Crippen LogP) is 6.47. The molecule has 35 heavy (non-hydrogen) atoms. The Morgan fingerprint density at radius 2 is 1.91 bits per heavy atom. The van der Waals surface area contributed by atoms with Crippen molar-refractivity contribution in [1.29, 1.82) is 0 Å². The molecule has 3 aromatic rings. The molecule has 1 atom stereocenters. The first-order valence-electron chi connectivity index (χ1n) is 11.2. The van der Waals surface area contributed by atoms with Crippen LogP contribution in [-0.4, -0.2) is 55.0 Å². The fourth-order valence-electron chi connectivity index (χ4n) is 4.32. The van der Waals surface area contributed by atoms with E-state index in [-0.39, 0.29) is 24.4 Å². The number of rotatable bonds is 8. The van der Waals surface area contributed by atoms with Gasteiger partial charge in [0.25, 0.3) is 5.91 Å². The van der Waals surface area contributed by atoms with Crippen molar-refractivity contribution in [1.82, 2.24) is 9.80 Å². The number of ether oxygens (including phenoxy) is 1. The number of hydrogen-bond donors (Lipinski definition) is 0. The van der Waals surface area contributed by atoms with E-state index in [4.69, 9.17) is 27.9 Å². The molecule has 0 saturated carbocycles. The fourth-order valence-corrected chi connectivity index (χ4v) is 6.00. The number of halogens is 3. The molecule has 0 aliphatic carbocycles. The van der Waals surface area contributed by atoms with E-state index in [9.17, 15) is 9.59 Å². The van der Waals surface area contributed by atoms with Gasteiger partial charge in [0.05, 0.1) is 6.04 Å². The smallest absolute Gasteiger partial charge is 0.254 e. The number of carbonyl (C=O) groups is 2. The van der Waals surface area contributed by atoms with Crippen molar-refractivity contribution >= 4 is 62.3 Å². The summed E-state index contributed by atoms with van der Waals surface area (Å²) in [5, 5.41) is 3.11. The standard InChI is InChI=1S/C26H25BrCl2N2O3S/c1-34-13-2-11-30(26(33)17-3-5-18(27)6-4-17)16-24(32)31-12-9-23-21(10-14-35-23)25(31)20-8-7-19(28)15-22(20)29/h3-8,10,14-15,25H,2,9,11-13,16H2,1H3. The summed E-state index contributed by atoms with van der Waals surface area (Å²) in [4.78, 5) is 31.8. The fraction of sp³-hybridized carbons (Fsp3) is 0.308. The van der Waals surface area contributed by atoms with Crippen LogP contribution in [0.1, 0.15) is 38.8 Å². The van der Waals surface area contributed by atoms with Crippen molar-refractivity contribution in [3.8, 4) is 0 Å². The molecule has 0 saturated heterocycles. The summed E-state index contributed by atoms with van der Waals surface area (Å²) in [5.74, 6) is -0.308. The number of amides is 2. The van der Waals surface area contributed by atoms with Gasteiger partial charge in [0.2, 0.25) is 5.91 Å². The maximum absolute atomic E-state index is 13.8. The summed E-state index contributed by atoms with van der Waals surface area (Å²) < 4.78 is 6.07. The van der Waals surface area contributed by atoms with Crippen LogP contribution in [0.2, 0.25) is 10.0 Å². The first-order chi connectivity index (χ1) is 16.9. The van der Waals surface area contributed by atoms with E-state index < -0.39 is 0 Å². The molecular formula is C26H25BrCl2N2O3S. The van der Waals surface area contributed by atoms with Crippen molar-refractivity contribution in [3.63, 3.8) is 0 Å². The molecule has 2 amide bonds. The molecule has 1 aliphatic rings. The minimum absolute atomic E-state index is 0.0280. The number of hydrogen-bond acceptors (Lipinski definition) is 4. The minimum atomic E-state index is -0.328. The lowest BCUT2D eigenvalue weighted by Crippen LogP contribution is -2.47. The maximum Gasteiger partial charge on any atom is 0.254 e. The van der Waals surface area contributed by atoms with Gasteiger partial charge in [-0.1, -0.05) is 45.2 Å². The third-order valence-electron chi connectivity index (χ3n) is 6.02. The van der Waals surface area contributed by atoms with Gasteiger partial charge in [-0.25, -0.2) is 0 Å². The summed E-state index contributed by atoms with van der Waals surface area (Å²) in [7, 11) is 1.62. The number of methoxy groups -OCH3 is 1. The van der Waals surface area contributed by atoms with E-state index in [1.807, 2.05) is 28.5 Å². The van der Waals surface area contributed by atoms with Gasteiger partial charge in [-0.05, 0) is 71.8 Å². The lowest BCUT2D eigenvalue weighted by Gasteiger charge is -2.38. The summed E-state index contributed by atoms with van der Waals surface area (Å²) in [6.45, 7) is 1.44. The Morgan fingerprint density at radius 3 is 2.63 bits per heavy atom. The van der Waals surface area contributed by atoms with Crippen LogP contribution in [0, 0.1) is 0 Å². The number of carbonyl (C=O) groups excluding carboxylic acids is 2. The number of nitrogens with zero attached hydrogens (tertiary/aromatic N) is 2. The molecular weight excluding hydrogens is 571 g/mol. The number of thiophene rings is 1. The van der Waals surface area contributed by atoms with Crippen molar-refractivity contribution in [3.05, 3.63) is 90.0 Å². The molecule has 184 valence electrons. The van der Waals surface area contributed by atoms with Crippen LogP contribution in [-0.2, 0) is 16.0 Å². The van der Waals surface area contributed by atoms with Gasteiger partial charge < -0.3 is 14.5 Å². The van der Waals surface area contributed by atoms with Crippen LogP contribution in [0.3, 0.4) is 0 Å². The molecule has 0 fully saturated rings. The zero-order valence-electron chi connectivity index (χ0n) is 19.2. The molecule has 1 aromatic heterocycles. The van der Waals surface area contributed by atoms with Crippen LogP contribution in [0.15, 0.2) is 58.4 Å². The van der Waals surface area contributed by atoms with Gasteiger partial charge >= 0.3 is 0 Å². The summed E-state index contributed by atoms with van der Waals surface area (Å²) >= 11 is 17.8. The number of benzene rings is 2. The Morgan fingerprint density at radius 1 is 1.14 bits per heavy atom. The van der Waals surface area contributed by atoms with Gasteiger partial charge in [-0.3, -0.25) is 9.59 Å². The highest BCUT2D eigenvalue weighted by atomic mass is 79.9. The first kappa shape index (κ1) is 26.2. The van der Waals surface area contributed by atoms with Gasteiger partial charge in [0, 0.05) is 51.8 Å². The predicted molar refractivity (Wildman–Crippen MR) is 145 cm³/mol. The molecule has 0 radical (unpaired) electrons. The number of fused-ring (bicyclic) bond motifs is 1. The van der Waals surface area contributed by atoms with Crippen LogP contribution >= 0.6 is 50.5 Å². The minimum Gasteiger partial charge on any atom is -0.385 e. The van der Waals surface area contributed by atoms with Crippen molar-refractivity contribution < 1.29 is 14.3 Å². The third-order valence-corrected chi connectivity index (χ3v) is 8.11. The highest BCUT2D eigenvalue weighted by molar-refractivity contribution is 9.10. The monoisotopic (exact) mass is 594 g/mol. The summed E-state index contributed by atoms with van der Waals surface area (Å²) in [6, 6.07) is 14.3. The topological polar surface area (TPSA) is 49.9 Å². The largest absolute Gasteiger partial charge is 0.385 e. The molecule has 1 aliphatic heterocycles. The summed E-state index contributed by atoms with van der Waals surface area (Å²) in [5.41, 5.74) is 2.44. The zero-order valence-corrected chi connectivity index (χ0v) is 23.1. The lowest BCUT2D eigenvalue weighted by molar-refractivity contribution is -0.134. The zero-order chi connectivity index (χ0) is 24.9. The average molecular weight is 596 g/mol. The Kier molecular flexibility index (Phi) is 8.89. The van der Waals surface area contributed by atoms with E-state index in [0.29, 0.717) is 41.7 Å². The van der Waals surface area contributed by atoms with Gasteiger partial charge in [-0.15, -0.1) is 11.3 Å². The second kappa shape index (κ2) is 11.9. The van der Waals surface area contributed by atoms with E-state index in [1.165, 1.54) is 4.88 Å². The second-order valence-corrected chi connectivity index (χ2v) is 11.0. The molecule has 4 rings (SSSR count). The van der Waals surface area contributed by atoms with E-state index in [0.717, 1.165) is 22.0 Å². The first-order valence-corrected chi connectivity index (χ1v) is 13.7. The SMILES string of the molecule is COCCCN(CC(=O)N1CCc2sccc2C1c1ccc(Cl)cc1Cl)C(=O)c1ccc(Br)cc1. The van der Waals surface area contributed by atoms with Crippen LogP contribution < -0.4 is 0 Å². The second-order valence-electron chi connectivity index (χ2n) is 8.28. The Bertz CT molecular complexity index is 1200. The van der Waals surface area contributed by atoms with E-state index in [1.54, 1.807) is 47.6 Å². The van der Waals surface area contributed by atoms with Gasteiger partial charge in [0.15, 0.2) is 0 Å². The molecule has 2 aromatic carbocycles. The third kappa shape index (κ3) is 6.09. The quantitative estimate of drug-likeness (QED) is 0.280. The highest BCUT2D eigenvalue weighted by Crippen LogP contribution is 2.41. The van der Waals surface area contributed by atoms with Gasteiger partial charge in [0.1, 0.15) is 6.54 Å². The molecule has 0 N–H and O–H groups in total. The maximum atomic E-state index is 13.8. The van der Waals surface area contributed by atoms with Crippen molar-refractivity contribution in [2.75, 3.05) is 33.4 Å². The molecule has 9 heteroatoms. The van der Waals surface area contributed by atoms with E-state index in [2.05, 4.69) is 22.0 Å². The Labute approximate surface area is 227 Å². The van der Waals surface area contributed by atoms with Gasteiger partial charge in [-0.2, -0.15) is 0 Å². The molecule has 5 nitrogen and oxygen atoms in total. The molecule has 0 bridgehead atoms. The van der Waals surface area contributed by atoms with Crippen LogP contribution in [0.4, 0.5) is 0 Å². The molecule has 2 heterocycles. The van der Waals surface area contributed by atoms with Crippen LogP contribution in [0.25, 0.3) is 0 Å². The van der Waals surface area contributed by atoms with E-state index >= 15 is 0 Å². The Balaban J connectivity index is 1.62. The van der Waals surface area contributed by atoms with Crippen molar-refractivity contribution in [2.45, 2.75) is 18.9 Å². The van der Waals surface area contributed by atoms with Crippen molar-refractivity contribution in [2.24, 2.45) is 0 Å². The van der Waals surface area contributed by atoms with Crippen LogP contribution in [0.5, 0.6) is 0 Å². The summed E-state index contributed by atoms with van der Waals surface area (Å²) in [6.07, 6.45) is 1.40. The molecule has 1 unspecified atom stereocenters. The molecule has 0 spiro atoms. The average Bonchev–Trinajstić information content (AvgIpc) is 3.32. The normalized spacial score (nSPS) is 15.1. The highest BCUT2D eigenvalue weighted by Gasteiger charge is 2.35. The lowest BCUT2D eigenvalue weighted by atomic mass is 9.93. The Hall–Kier alpha value is -1.90.